The van der Waals surface area contributed by atoms with Crippen molar-refractivity contribution in [3.8, 4) is 12.3 Å². The molecule has 0 aliphatic heterocycles. The Morgan fingerprint density at radius 3 is 2.88 bits per heavy atom. The van der Waals surface area contributed by atoms with E-state index in [1.807, 2.05) is 6.92 Å². The third-order valence-corrected chi connectivity index (χ3v) is 2.64. The normalized spacial score (nSPS) is 12.1. The van der Waals surface area contributed by atoms with Crippen molar-refractivity contribution in [2.45, 2.75) is 25.8 Å². The maximum atomic E-state index is 13.7. The van der Waals surface area contributed by atoms with Crippen molar-refractivity contribution in [3.05, 3.63) is 34.6 Å². The summed E-state index contributed by atoms with van der Waals surface area (Å²) in [5.74, 6) is 2.23. The number of rotatable bonds is 5. The molecule has 1 rings (SSSR count). The van der Waals surface area contributed by atoms with Crippen LogP contribution < -0.4 is 5.32 Å². The summed E-state index contributed by atoms with van der Waals surface area (Å²) in [6.07, 6.45) is 6.68. The van der Waals surface area contributed by atoms with E-state index < -0.39 is 0 Å². The summed E-state index contributed by atoms with van der Waals surface area (Å²) in [5.41, 5.74) is 0.468. The summed E-state index contributed by atoms with van der Waals surface area (Å²) in [6.45, 7) is 2.83. The highest BCUT2D eigenvalue weighted by Crippen LogP contribution is 2.27. The van der Waals surface area contributed by atoms with Gasteiger partial charge in [-0.2, -0.15) is 0 Å². The molecule has 0 bridgehead atoms. The van der Waals surface area contributed by atoms with Gasteiger partial charge in [0.1, 0.15) is 5.82 Å². The predicted molar refractivity (Wildman–Crippen MR) is 65.9 cm³/mol. The Balaban J connectivity index is 2.96. The van der Waals surface area contributed by atoms with Crippen LogP contribution in [0.5, 0.6) is 0 Å². The van der Waals surface area contributed by atoms with E-state index in [2.05, 4.69) is 11.2 Å². The van der Waals surface area contributed by atoms with Crippen molar-refractivity contribution in [1.82, 2.24) is 5.32 Å². The Morgan fingerprint density at radius 2 is 2.31 bits per heavy atom. The van der Waals surface area contributed by atoms with E-state index in [9.17, 15) is 4.39 Å². The Labute approximate surface area is 101 Å². The molecule has 16 heavy (non-hydrogen) atoms. The summed E-state index contributed by atoms with van der Waals surface area (Å²) >= 11 is 5.99. The van der Waals surface area contributed by atoms with Gasteiger partial charge in [-0.15, -0.1) is 12.3 Å². The number of terminal acetylenes is 1. The molecule has 0 fully saturated rings. The second-order valence-electron chi connectivity index (χ2n) is 3.55. The van der Waals surface area contributed by atoms with Crippen LogP contribution in [0, 0.1) is 18.2 Å². The quantitative estimate of drug-likeness (QED) is 0.775. The highest BCUT2D eigenvalue weighted by atomic mass is 35.5. The maximum Gasteiger partial charge on any atom is 0.129 e. The fraction of sp³-hybridized carbons (Fsp3) is 0.385. The van der Waals surface area contributed by atoms with Crippen LogP contribution in [0.25, 0.3) is 0 Å². The van der Waals surface area contributed by atoms with Crippen molar-refractivity contribution in [2.24, 2.45) is 0 Å². The molecule has 1 atom stereocenters. The zero-order valence-electron chi connectivity index (χ0n) is 9.26. The Bertz CT molecular complexity index is 364. The van der Waals surface area contributed by atoms with E-state index in [0.717, 1.165) is 13.0 Å². The molecule has 0 saturated heterocycles. The third kappa shape index (κ3) is 3.23. The SMILES string of the molecule is C#CCC(NCCC)c1c(F)cccc1Cl. The van der Waals surface area contributed by atoms with Crippen LogP contribution in [0.1, 0.15) is 31.4 Å². The molecular weight excluding hydrogens is 225 g/mol. The van der Waals surface area contributed by atoms with Gasteiger partial charge >= 0.3 is 0 Å². The molecule has 86 valence electrons. The highest BCUT2D eigenvalue weighted by molar-refractivity contribution is 6.31. The van der Waals surface area contributed by atoms with Gasteiger partial charge in [-0.1, -0.05) is 24.6 Å². The molecule has 0 amide bonds. The van der Waals surface area contributed by atoms with Gasteiger partial charge in [0.2, 0.25) is 0 Å². The maximum absolute atomic E-state index is 13.7. The zero-order valence-corrected chi connectivity index (χ0v) is 10.0. The van der Waals surface area contributed by atoms with Gasteiger partial charge in [0.25, 0.3) is 0 Å². The Morgan fingerprint density at radius 1 is 1.56 bits per heavy atom. The van der Waals surface area contributed by atoms with Crippen molar-refractivity contribution < 1.29 is 4.39 Å². The Kier molecular flexibility index (Phi) is 5.31. The van der Waals surface area contributed by atoms with Gasteiger partial charge in [0, 0.05) is 23.0 Å². The lowest BCUT2D eigenvalue weighted by molar-refractivity contribution is 0.507. The predicted octanol–water partition coefficient (Wildman–Crippen LogP) is 3.54. The van der Waals surface area contributed by atoms with E-state index in [1.165, 1.54) is 6.07 Å². The monoisotopic (exact) mass is 239 g/mol. The number of nitrogens with one attached hydrogen (secondary N) is 1. The van der Waals surface area contributed by atoms with Crippen LogP contribution in [0.3, 0.4) is 0 Å². The van der Waals surface area contributed by atoms with E-state index in [4.69, 9.17) is 18.0 Å². The molecule has 0 aromatic heterocycles. The van der Waals surface area contributed by atoms with Gasteiger partial charge in [-0.3, -0.25) is 0 Å². The first-order valence-electron chi connectivity index (χ1n) is 5.31. The molecule has 3 heteroatoms. The molecule has 1 nitrogen and oxygen atoms in total. The molecule has 1 N–H and O–H groups in total. The molecule has 0 radical (unpaired) electrons. The topological polar surface area (TPSA) is 12.0 Å². The molecule has 0 saturated carbocycles. The fourth-order valence-electron chi connectivity index (χ4n) is 1.56. The number of hydrogen-bond donors (Lipinski definition) is 1. The van der Waals surface area contributed by atoms with Crippen LogP contribution in [0.2, 0.25) is 5.02 Å². The molecule has 0 aliphatic carbocycles. The lowest BCUT2D eigenvalue weighted by Gasteiger charge is -2.18. The van der Waals surface area contributed by atoms with E-state index in [-0.39, 0.29) is 11.9 Å². The molecule has 0 heterocycles. The Hall–Kier alpha value is -1.04. The first-order chi connectivity index (χ1) is 7.70. The van der Waals surface area contributed by atoms with Gasteiger partial charge in [0.15, 0.2) is 0 Å². The van der Waals surface area contributed by atoms with Crippen molar-refractivity contribution in [3.63, 3.8) is 0 Å². The molecule has 1 unspecified atom stereocenters. The van der Waals surface area contributed by atoms with Crippen LogP contribution >= 0.6 is 11.6 Å². The van der Waals surface area contributed by atoms with Crippen molar-refractivity contribution >= 4 is 11.6 Å². The van der Waals surface area contributed by atoms with Crippen LogP contribution in [-0.2, 0) is 0 Å². The lowest BCUT2D eigenvalue weighted by Crippen LogP contribution is -2.23. The van der Waals surface area contributed by atoms with Gasteiger partial charge in [-0.25, -0.2) is 4.39 Å². The van der Waals surface area contributed by atoms with E-state index in [0.29, 0.717) is 17.0 Å². The van der Waals surface area contributed by atoms with E-state index >= 15 is 0 Å². The minimum absolute atomic E-state index is 0.210. The molecule has 0 spiro atoms. The number of halogens is 2. The summed E-state index contributed by atoms with van der Waals surface area (Å²) in [5, 5.41) is 3.62. The molecule has 1 aromatic rings. The summed E-state index contributed by atoms with van der Waals surface area (Å²) < 4.78 is 13.7. The minimum Gasteiger partial charge on any atom is -0.309 e. The second-order valence-corrected chi connectivity index (χ2v) is 3.96. The fourth-order valence-corrected chi connectivity index (χ4v) is 1.85. The first kappa shape index (κ1) is 13.0. The average Bonchev–Trinajstić information content (AvgIpc) is 2.25. The second kappa shape index (κ2) is 6.52. The average molecular weight is 240 g/mol. The van der Waals surface area contributed by atoms with Crippen molar-refractivity contribution in [1.29, 1.82) is 0 Å². The van der Waals surface area contributed by atoms with E-state index in [1.54, 1.807) is 12.1 Å². The summed E-state index contributed by atoms with van der Waals surface area (Å²) in [6, 6.07) is 4.46. The van der Waals surface area contributed by atoms with Gasteiger partial charge in [0.05, 0.1) is 0 Å². The zero-order chi connectivity index (χ0) is 12.0. The standard InChI is InChI=1S/C13H15ClFN/c1-3-6-12(16-9-4-2)13-10(14)7-5-8-11(13)15/h1,5,7-8,12,16H,4,6,9H2,2H3. The molecule has 1 aromatic carbocycles. The lowest BCUT2D eigenvalue weighted by atomic mass is 10.0. The van der Waals surface area contributed by atoms with Crippen LogP contribution in [0.4, 0.5) is 4.39 Å². The highest BCUT2D eigenvalue weighted by Gasteiger charge is 2.17. The van der Waals surface area contributed by atoms with Crippen molar-refractivity contribution in [2.75, 3.05) is 6.54 Å². The summed E-state index contributed by atoms with van der Waals surface area (Å²) in [7, 11) is 0. The number of hydrogen-bond acceptors (Lipinski definition) is 1. The largest absolute Gasteiger partial charge is 0.309 e. The first-order valence-corrected chi connectivity index (χ1v) is 5.69. The smallest absolute Gasteiger partial charge is 0.129 e. The van der Waals surface area contributed by atoms with Gasteiger partial charge in [-0.05, 0) is 25.1 Å². The summed E-state index contributed by atoms with van der Waals surface area (Å²) in [4.78, 5) is 0. The third-order valence-electron chi connectivity index (χ3n) is 2.31. The number of benzene rings is 1. The molecule has 0 aliphatic rings. The van der Waals surface area contributed by atoms with Crippen LogP contribution in [0.15, 0.2) is 18.2 Å². The van der Waals surface area contributed by atoms with Crippen LogP contribution in [-0.4, -0.2) is 6.54 Å². The van der Waals surface area contributed by atoms with Gasteiger partial charge < -0.3 is 5.32 Å². The minimum atomic E-state index is -0.309. The molecular formula is C13H15ClFN.